The number of pyridine rings is 1. The highest BCUT2D eigenvalue weighted by Crippen LogP contribution is 2.45. The molecule has 2 N–H and O–H groups in total. The summed E-state index contributed by atoms with van der Waals surface area (Å²) in [6.07, 6.45) is 7.09. The zero-order chi connectivity index (χ0) is 28.6. The number of imidazole rings is 1. The largest absolute Gasteiger partial charge is 0.461 e. The first-order valence-corrected chi connectivity index (χ1v) is 14.5. The van der Waals surface area contributed by atoms with E-state index in [1.165, 1.54) is 12.8 Å². The fourth-order valence-corrected chi connectivity index (χ4v) is 6.32. The van der Waals surface area contributed by atoms with E-state index in [9.17, 15) is 14.7 Å². The number of nitrogens with zero attached hydrogens (tertiary/aromatic N) is 3. The van der Waals surface area contributed by atoms with Crippen LogP contribution < -0.4 is 10.9 Å². The second-order valence-electron chi connectivity index (χ2n) is 11.8. The Kier molecular flexibility index (Phi) is 8.44. The minimum atomic E-state index is -0.587. The highest BCUT2D eigenvalue weighted by atomic mass is 16.5. The van der Waals surface area contributed by atoms with E-state index >= 15 is 0 Å². The van der Waals surface area contributed by atoms with Crippen LogP contribution in [0.5, 0.6) is 0 Å². The molecular formula is C31H42N4O5. The Bertz CT molecular complexity index is 1400. The van der Waals surface area contributed by atoms with Gasteiger partial charge in [-0.1, -0.05) is 6.07 Å². The summed E-state index contributed by atoms with van der Waals surface area (Å²) < 4.78 is 15.1. The smallest absolute Gasteiger partial charge is 0.326 e. The summed E-state index contributed by atoms with van der Waals surface area (Å²) in [6.45, 7) is 6.00. The van der Waals surface area contributed by atoms with Crippen LogP contribution in [-0.4, -0.2) is 57.2 Å². The summed E-state index contributed by atoms with van der Waals surface area (Å²) in [6, 6.07) is 7.04. The summed E-state index contributed by atoms with van der Waals surface area (Å²) >= 11 is 0. The lowest BCUT2D eigenvalue weighted by Crippen LogP contribution is -2.48. The number of hydrogen-bond acceptors (Lipinski definition) is 7. The normalized spacial score (nSPS) is 22.8. The molecule has 2 saturated carbocycles. The molecule has 0 amide bonds. The van der Waals surface area contributed by atoms with Crippen LogP contribution in [0.3, 0.4) is 0 Å². The molecular weight excluding hydrogens is 508 g/mol. The fraction of sp³-hybridized carbons (Fsp3) is 0.581. The maximum Gasteiger partial charge on any atom is 0.326 e. The zero-order valence-corrected chi connectivity index (χ0v) is 24.2. The van der Waals surface area contributed by atoms with Crippen molar-refractivity contribution in [2.75, 3.05) is 13.7 Å². The molecule has 0 radical (unpaired) electrons. The molecule has 5 rings (SSSR count). The van der Waals surface area contributed by atoms with Crippen molar-refractivity contribution in [2.45, 2.75) is 83.7 Å². The molecule has 0 bridgehead atoms. The number of aromatic nitrogens is 3. The molecule has 2 aliphatic carbocycles. The summed E-state index contributed by atoms with van der Waals surface area (Å²) in [5.74, 6) is 1.98. The van der Waals surface area contributed by atoms with Gasteiger partial charge >= 0.3 is 5.97 Å². The van der Waals surface area contributed by atoms with Crippen molar-refractivity contribution in [1.29, 1.82) is 0 Å². The first-order chi connectivity index (χ1) is 19.2. The van der Waals surface area contributed by atoms with Gasteiger partial charge in [-0.2, -0.15) is 0 Å². The average Bonchev–Trinajstić information content (AvgIpc) is 3.31. The molecule has 2 fully saturated rings. The Morgan fingerprint density at radius 2 is 1.93 bits per heavy atom. The topological polar surface area (TPSA) is 108 Å². The van der Waals surface area contributed by atoms with Crippen LogP contribution in [0.4, 0.5) is 0 Å². The maximum atomic E-state index is 13.2. The fourth-order valence-electron chi connectivity index (χ4n) is 6.32. The number of carbonyl (C=O) groups is 1. The van der Waals surface area contributed by atoms with Crippen molar-refractivity contribution in [1.82, 2.24) is 19.4 Å². The molecule has 1 aromatic carbocycles. The van der Waals surface area contributed by atoms with E-state index < -0.39 is 6.04 Å². The van der Waals surface area contributed by atoms with Crippen LogP contribution in [0.2, 0.25) is 0 Å². The molecule has 2 aliphatic rings. The molecule has 0 spiro atoms. The van der Waals surface area contributed by atoms with Gasteiger partial charge in [0, 0.05) is 38.0 Å². The Morgan fingerprint density at radius 3 is 2.58 bits per heavy atom. The first-order valence-electron chi connectivity index (χ1n) is 14.5. The molecule has 3 aromatic rings. The third-order valence-electron chi connectivity index (χ3n) is 8.98. The van der Waals surface area contributed by atoms with E-state index in [2.05, 4.69) is 5.32 Å². The van der Waals surface area contributed by atoms with E-state index in [4.69, 9.17) is 14.5 Å². The highest BCUT2D eigenvalue weighted by Gasteiger charge is 2.39. The first kappa shape index (κ1) is 28.5. The highest BCUT2D eigenvalue weighted by molar-refractivity contribution is 5.82. The number of fused-ring (bicyclic) bond motifs is 2. The van der Waals surface area contributed by atoms with E-state index in [-0.39, 0.29) is 36.4 Å². The number of aryl methyl sites for hydroxylation is 2. The molecule has 2 heterocycles. The quantitative estimate of drug-likeness (QED) is 0.369. The number of ether oxygens (including phenoxy) is 2. The van der Waals surface area contributed by atoms with Crippen molar-refractivity contribution in [3.8, 4) is 11.4 Å². The number of nitrogens with one attached hydrogen (secondary N) is 1. The van der Waals surface area contributed by atoms with Gasteiger partial charge in [-0.25, -0.2) is 4.98 Å². The minimum Gasteiger partial charge on any atom is -0.461 e. The number of methoxy groups -OCH3 is 1. The third-order valence-corrected chi connectivity index (χ3v) is 8.98. The van der Waals surface area contributed by atoms with Crippen LogP contribution in [0.1, 0.15) is 63.1 Å². The lowest BCUT2D eigenvalue weighted by Gasteiger charge is -2.43. The maximum absolute atomic E-state index is 13.2. The lowest BCUT2D eigenvalue weighted by molar-refractivity contribution is -0.159. The summed E-state index contributed by atoms with van der Waals surface area (Å²) in [5, 5.41) is 13.4. The zero-order valence-electron chi connectivity index (χ0n) is 24.2. The van der Waals surface area contributed by atoms with Gasteiger partial charge in [-0.3, -0.25) is 14.9 Å². The average molecular weight is 551 g/mol. The molecule has 9 heteroatoms. The number of esters is 1. The van der Waals surface area contributed by atoms with Gasteiger partial charge in [0.2, 0.25) is 0 Å². The van der Waals surface area contributed by atoms with Crippen molar-refractivity contribution < 1.29 is 19.4 Å². The molecule has 0 aliphatic heterocycles. The molecule has 40 heavy (non-hydrogen) atoms. The molecule has 0 saturated heterocycles. The number of aliphatic hydroxyl groups excluding tert-OH is 1. The van der Waals surface area contributed by atoms with Crippen LogP contribution in [-0.2, 0) is 27.9 Å². The van der Waals surface area contributed by atoms with Crippen LogP contribution in [0.25, 0.3) is 22.4 Å². The number of aliphatic hydroxyl groups is 1. The Hall–Kier alpha value is -3.01. The Morgan fingerprint density at radius 1 is 1.18 bits per heavy atom. The van der Waals surface area contributed by atoms with Gasteiger partial charge < -0.3 is 23.7 Å². The van der Waals surface area contributed by atoms with Crippen molar-refractivity contribution in [3.63, 3.8) is 0 Å². The standard InChI is InChI=1S/C31H42N4O5/c1-18-12-24(16-34(4)30(18)37)29-33-26-13-21(6-11-27(26)35(29)19(2)17-36)15-32-28(20(3)39-5)31(38)40-25-10-9-22-7-8-23(22)14-25/h6,11-13,16,19-20,22-23,25,28,32,36H,7-10,14-15,17H2,1-5H3/t19-,20?,22?,23?,25?,28?/m0/s1. The second-order valence-corrected chi connectivity index (χ2v) is 11.8. The van der Waals surface area contributed by atoms with Gasteiger partial charge in [0.25, 0.3) is 5.56 Å². The van der Waals surface area contributed by atoms with Gasteiger partial charge in [0.15, 0.2) is 0 Å². The van der Waals surface area contributed by atoms with E-state index in [0.717, 1.165) is 47.3 Å². The number of hydrogen-bond donors (Lipinski definition) is 2. The molecule has 2 aromatic heterocycles. The second kappa shape index (κ2) is 11.8. The number of benzene rings is 1. The van der Waals surface area contributed by atoms with E-state index in [0.29, 0.717) is 23.9 Å². The predicted molar refractivity (Wildman–Crippen MR) is 154 cm³/mol. The van der Waals surface area contributed by atoms with Gasteiger partial charge in [-0.05, 0) is 88.5 Å². The van der Waals surface area contributed by atoms with E-state index in [1.807, 2.05) is 42.7 Å². The summed E-state index contributed by atoms with van der Waals surface area (Å²) in [4.78, 5) is 30.4. The number of rotatable bonds is 10. The van der Waals surface area contributed by atoms with Gasteiger partial charge in [0.05, 0.1) is 29.8 Å². The summed E-state index contributed by atoms with van der Waals surface area (Å²) in [7, 11) is 3.33. The molecule has 6 atom stereocenters. The Balaban J connectivity index is 1.36. The monoisotopic (exact) mass is 550 g/mol. The van der Waals surface area contributed by atoms with Crippen LogP contribution >= 0.6 is 0 Å². The van der Waals surface area contributed by atoms with Gasteiger partial charge in [-0.15, -0.1) is 0 Å². The summed E-state index contributed by atoms with van der Waals surface area (Å²) in [5.41, 5.74) is 4.02. The molecule has 216 valence electrons. The van der Waals surface area contributed by atoms with Crippen molar-refractivity contribution >= 4 is 17.0 Å². The SMILES string of the molecule is COC(C)C(NCc1ccc2c(c1)nc(-c1cc(C)c(=O)n(C)c1)n2[C@@H](C)CO)C(=O)OC1CCC2CCC2C1. The molecule has 9 nitrogen and oxygen atoms in total. The van der Waals surface area contributed by atoms with Gasteiger partial charge in [0.1, 0.15) is 18.0 Å². The van der Waals surface area contributed by atoms with E-state index in [1.54, 1.807) is 31.8 Å². The Labute approximate surface area is 235 Å². The third kappa shape index (κ3) is 5.60. The lowest BCUT2D eigenvalue weighted by atomic mass is 9.65. The number of carbonyl (C=O) groups excluding carboxylic acids is 1. The van der Waals surface area contributed by atoms with Crippen molar-refractivity contribution in [3.05, 3.63) is 51.9 Å². The minimum absolute atomic E-state index is 0.00391. The van der Waals surface area contributed by atoms with Crippen LogP contribution in [0.15, 0.2) is 35.3 Å². The van der Waals surface area contributed by atoms with Crippen molar-refractivity contribution in [2.24, 2.45) is 18.9 Å². The predicted octanol–water partition coefficient (Wildman–Crippen LogP) is 3.88. The van der Waals surface area contributed by atoms with Crippen LogP contribution in [0, 0.1) is 18.8 Å². The molecule has 5 unspecified atom stereocenters.